The van der Waals surface area contributed by atoms with E-state index in [1.807, 2.05) is 6.08 Å². The van der Waals surface area contributed by atoms with Crippen molar-refractivity contribution >= 4 is 29.5 Å². The van der Waals surface area contributed by atoms with E-state index in [0.717, 1.165) is 22.7 Å². The highest BCUT2D eigenvalue weighted by molar-refractivity contribution is 6.07. The van der Waals surface area contributed by atoms with Crippen LogP contribution in [0.2, 0.25) is 0 Å². The van der Waals surface area contributed by atoms with Gasteiger partial charge in [0.05, 0.1) is 24.3 Å². The Labute approximate surface area is 191 Å². The number of amides is 4. The molecule has 0 aromatic heterocycles. The summed E-state index contributed by atoms with van der Waals surface area (Å²) in [7, 11) is 1.59. The fraction of sp³-hybridized carbons (Fsp3) is 0.417. The number of hydrogen-bond acceptors (Lipinski definition) is 5. The van der Waals surface area contributed by atoms with Crippen LogP contribution in [0.4, 0.5) is 10.5 Å². The lowest BCUT2D eigenvalue weighted by molar-refractivity contribution is -0.133. The Kier molecular flexibility index (Phi) is 6.48. The van der Waals surface area contributed by atoms with Gasteiger partial charge < -0.3 is 20.5 Å². The van der Waals surface area contributed by atoms with Crippen LogP contribution in [0.3, 0.4) is 0 Å². The molecule has 0 bridgehead atoms. The normalized spacial score (nSPS) is 23.1. The molecule has 2 aliphatic carbocycles. The Morgan fingerprint density at radius 2 is 2.00 bits per heavy atom. The molecule has 1 aromatic carbocycles. The van der Waals surface area contributed by atoms with Gasteiger partial charge in [-0.3, -0.25) is 14.5 Å². The zero-order chi connectivity index (χ0) is 23.5. The van der Waals surface area contributed by atoms with Crippen molar-refractivity contribution in [2.24, 2.45) is 17.8 Å². The van der Waals surface area contributed by atoms with Crippen LogP contribution >= 0.6 is 0 Å². The number of methoxy groups -OCH3 is 1. The molecule has 1 saturated heterocycles. The highest BCUT2D eigenvalue weighted by Crippen LogP contribution is 2.43. The number of imide groups is 1. The van der Waals surface area contributed by atoms with Crippen molar-refractivity contribution < 1.29 is 29.0 Å². The average Bonchev–Trinajstić information content (AvgIpc) is 3.65. The number of nitrogens with one attached hydrogen (secondary N) is 2. The molecule has 1 heterocycles. The molecule has 2 atom stereocenters. The number of para-hydroxylation sites is 1. The Hall–Kier alpha value is -3.62. The van der Waals surface area contributed by atoms with Gasteiger partial charge >= 0.3 is 12.0 Å². The Bertz CT molecular complexity index is 1040. The molecular weight excluding hydrogens is 426 g/mol. The molecule has 4 amide bonds. The molecule has 1 saturated carbocycles. The van der Waals surface area contributed by atoms with E-state index in [1.54, 1.807) is 13.2 Å². The molecule has 33 heavy (non-hydrogen) atoms. The van der Waals surface area contributed by atoms with Crippen LogP contribution in [-0.4, -0.2) is 54.0 Å². The van der Waals surface area contributed by atoms with Crippen molar-refractivity contribution in [2.75, 3.05) is 25.5 Å². The number of hydrogen-bond donors (Lipinski definition) is 3. The number of nitrogens with zero attached hydrogens (tertiary/aromatic N) is 1. The van der Waals surface area contributed by atoms with Gasteiger partial charge in [0.25, 0.3) is 0 Å². The second-order valence-electron chi connectivity index (χ2n) is 8.61. The predicted molar refractivity (Wildman–Crippen MR) is 119 cm³/mol. The van der Waals surface area contributed by atoms with Crippen molar-refractivity contribution in [3.63, 3.8) is 0 Å². The van der Waals surface area contributed by atoms with Crippen molar-refractivity contribution in [3.8, 4) is 0 Å². The van der Waals surface area contributed by atoms with Gasteiger partial charge in [0.15, 0.2) is 0 Å². The van der Waals surface area contributed by atoms with E-state index in [9.17, 15) is 24.3 Å². The van der Waals surface area contributed by atoms with E-state index in [2.05, 4.69) is 16.7 Å². The largest absolute Gasteiger partial charge is 0.497 e. The first-order chi connectivity index (χ1) is 15.9. The van der Waals surface area contributed by atoms with Crippen molar-refractivity contribution in [1.29, 1.82) is 0 Å². The van der Waals surface area contributed by atoms with Crippen molar-refractivity contribution in [2.45, 2.75) is 25.7 Å². The Balaban J connectivity index is 1.53. The molecular formula is C24H27N3O6. The third-order valence-electron chi connectivity index (χ3n) is 6.33. The van der Waals surface area contributed by atoms with Gasteiger partial charge in [-0.1, -0.05) is 18.2 Å². The van der Waals surface area contributed by atoms with Gasteiger partial charge in [-0.15, -0.1) is 0 Å². The van der Waals surface area contributed by atoms with Crippen molar-refractivity contribution in [3.05, 3.63) is 53.3 Å². The molecule has 3 aliphatic rings. The van der Waals surface area contributed by atoms with E-state index >= 15 is 0 Å². The van der Waals surface area contributed by atoms with Crippen LogP contribution < -0.4 is 10.6 Å². The average molecular weight is 453 g/mol. The minimum atomic E-state index is -1.21. The summed E-state index contributed by atoms with van der Waals surface area (Å²) in [5, 5.41) is 14.5. The number of benzene rings is 1. The summed E-state index contributed by atoms with van der Waals surface area (Å²) in [6.07, 6.45) is 7.86. The zero-order valence-electron chi connectivity index (χ0n) is 18.4. The van der Waals surface area contributed by atoms with Gasteiger partial charge in [-0.25, -0.2) is 9.59 Å². The van der Waals surface area contributed by atoms with Crippen LogP contribution in [0.15, 0.2) is 47.7 Å². The van der Waals surface area contributed by atoms with Crippen molar-refractivity contribution in [1.82, 2.24) is 10.2 Å². The number of carboxylic acid groups (broad SMARTS) is 1. The summed E-state index contributed by atoms with van der Waals surface area (Å²) in [5.41, 5.74) is 0.852. The number of carbonyl (C=O) groups is 4. The summed E-state index contributed by atoms with van der Waals surface area (Å²) in [5.74, 6) is -1.01. The van der Waals surface area contributed by atoms with Gasteiger partial charge in [0.1, 0.15) is 12.3 Å². The molecule has 0 radical (unpaired) electrons. The third-order valence-corrected chi connectivity index (χ3v) is 6.33. The molecule has 174 valence electrons. The number of urea groups is 1. The number of rotatable bonds is 6. The minimum Gasteiger partial charge on any atom is -0.497 e. The monoisotopic (exact) mass is 453 g/mol. The molecule has 2 unspecified atom stereocenters. The van der Waals surface area contributed by atoms with E-state index < -0.39 is 36.3 Å². The summed E-state index contributed by atoms with van der Waals surface area (Å²) < 4.78 is 5.52. The maximum absolute atomic E-state index is 13.3. The number of ether oxygens (including phenoxy) is 1. The maximum atomic E-state index is 13.3. The first-order valence-electron chi connectivity index (χ1n) is 11.0. The SMILES string of the molecule is COC1=CCC(C2CC2)C=C1CC1CNC(=O)CN(C(=O)Nc2ccccc2C(=O)O)C1=O. The molecule has 9 heteroatoms. The first kappa shape index (κ1) is 22.6. The number of anilines is 1. The Morgan fingerprint density at radius 1 is 1.24 bits per heavy atom. The van der Waals surface area contributed by atoms with Crippen LogP contribution in [0.5, 0.6) is 0 Å². The van der Waals surface area contributed by atoms with E-state index in [4.69, 9.17) is 4.74 Å². The second-order valence-corrected chi connectivity index (χ2v) is 8.61. The summed E-state index contributed by atoms with van der Waals surface area (Å²) in [6, 6.07) is 5.05. The lowest BCUT2D eigenvalue weighted by atomic mass is 9.86. The van der Waals surface area contributed by atoms with Crippen LogP contribution in [0, 0.1) is 17.8 Å². The van der Waals surface area contributed by atoms with Crippen LogP contribution in [-0.2, 0) is 14.3 Å². The highest BCUT2D eigenvalue weighted by atomic mass is 16.5. The fourth-order valence-electron chi connectivity index (χ4n) is 4.40. The fourth-order valence-corrected chi connectivity index (χ4v) is 4.40. The van der Waals surface area contributed by atoms with E-state index in [0.29, 0.717) is 18.3 Å². The molecule has 0 spiro atoms. The topological polar surface area (TPSA) is 125 Å². The van der Waals surface area contributed by atoms with E-state index in [1.165, 1.54) is 31.0 Å². The predicted octanol–water partition coefficient (Wildman–Crippen LogP) is 2.77. The van der Waals surface area contributed by atoms with Crippen LogP contribution in [0.25, 0.3) is 0 Å². The van der Waals surface area contributed by atoms with E-state index in [-0.39, 0.29) is 17.8 Å². The number of carboxylic acids is 1. The molecule has 4 rings (SSSR count). The lowest BCUT2D eigenvalue weighted by Crippen LogP contribution is -2.44. The number of carbonyl (C=O) groups excluding carboxylic acids is 3. The zero-order valence-corrected chi connectivity index (χ0v) is 18.4. The summed E-state index contributed by atoms with van der Waals surface area (Å²) >= 11 is 0. The van der Waals surface area contributed by atoms with Crippen LogP contribution in [0.1, 0.15) is 36.0 Å². The van der Waals surface area contributed by atoms with Gasteiger partial charge in [0.2, 0.25) is 11.8 Å². The van der Waals surface area contributed by atoms with Gasteiger partial charge in [-0.05, 0) is 61.3 Å². The molecule has 3 N–H and O–H groups in total. The quantitative estimate of drug-likeness (QED) is 0.608. The maximum Gasteiger partial charge on any atom is 0.337 e. The van der Waals surface area contributed by atoms with Gasteiger partial charge in [0, 0.05) is 6.54 Å². The summed E-state index contributed by atoms with van der Waals surface area (Å²) in [4.78, 5) is 50.8. The standard InChI is InChI=1S/C24H27N3O6/c1-33-20-9-8-15(14-6-7-14)10-16(20)11-17-12-25-21(28)13-27(22(17)29)24(32)26-19-5-3-2-4-18(19)23(30)31/h2-5,9-10,14-15,17H,6-8,11-13H2,1H3,(H,25,28)(H,26,32)(H,30,31). The molecule has 2 fully saturated rings. The molecule has 9 nitrogen and oxygen atoms in total. The second kappa shape index (κ2) is 9.48. The molecule has 1 aromatic rings. The minimum absolute atomic E-state index is 0.0517. The van der Waals surface area contributed by atoms with Gasteiger partial charge in [-0.2, -0.15) is 0 Å². The molecule has 1 aliphatic heterocycles. The Morgan fingerprint density at radius 3 is 2.70 bits per heavy atom. The highest BCUT2D eigenvalue weighted by Gasteiger charge is 2.37. The number of aromatic carboxylic acids is 1. The number of allylic oxidation sites excluding steroid dienone is 3. The lowest BCUT2D eigenvalue weighted by Gasteiger charge is -2.25. The third kappa shape index (κ3) is 5.08. The summed E-state index contributed by atoms with van der Waals surface area (Å²) in [6.45, 7) is -0.331. The smallest absolute Gasteiger partial charge is 0.337 e. The first-order valence-corrected chi connectivity index (χ1v) is 11.0.